The summed E-state index contributed by atoms with van der Waals surface area (Å²) in [4.78, 5) is 18.3. The second kappa shape index (κ2) is 4.74. The Morgan fingerprint density at radius 3 is 2.67 bits per heavy atom. The van der Waals surface area contributed by atoms with Gasteiger partial charge in [0, 0.05) is 11.8 Å². The maximum Gasteiger partial charge on any atom is 0.160 e. The average molecular weight is 250 g/mol. The van der Waals surface area contributed by atoms with Crippen molar-refractivity contribution in [1.29, 1.82) is 0 Å². The zero-order valence-corrected chi connectivity index (χ0v) is 9.02. The molecule has 3 N–H and O–H groups in total. The summed E-state index contributed by atoms with van der Waals surface area (Å²) < 4.78 is 25.7. The minimum Gasteiger partial charge on any atom is -0.383 e. The summed E-state index contributed by atoms with van der Waals surface area (Å²) in [6.07, 6.45) is 1.64. The monoisotopic (exact) mass is 250 g/mol. The van der Waals surface area contributed by atoms with Crippen molar-refractivity contribution in [2.24, 2.45) is 0 Å². The number of nitrogens with zero attached hydrogens (tertiary/aromatic N) is 2. The Morgan fingerprint density at radius 2 is 2.00 bits per heavy atom. The Balaban J connectivity index is 2.36. The maximum atomic E-state index is 13.0. The fraction of sp³-hybridized carbons (Fsp3) is 0. The number of nitrogens with two attached hydrogens (primary N) is 1. The highest BCUT2D eigenvalue weighted by molar-refractivity contribution is 5.89. The number of aromatic nitrogens is 2. The summed E-state index contributed by atoms with van der Waals surface area (Å²) in [5, 5.41) is 2.66. The van der Waals surface area contributed by atoms with Crippen LogP contribution in [-0.4, -0.2) is 16.3 Å². The van der Waals surface area contributed by atoms with Gasteiger partial charge >= 0.3 is 0 Å². The van der Waals surface area contributed by atoms with Gasteiger partial charge in [0.1, 0.15) is 18.0 Å². The summed E-state index contributed by atoms with van der Waals surface area (Å²) in [5.74, 6) is -1.83. The fourth-order valence-corrected chi connectivity index (χ4v) is 1.34. The number of carbonyl (C=O) groups excluding carboxylic acids is 1. The molecule has 0 atom stereocenters. The lowest BCUT2D eigenvalue weighted by Gasteiger charge is -2.08. The molecule has 0 fully saturated rings. The van der Waals surface area contributed by atoms with Crippen LogP contribution in [0.2, 0.25) is 0 Å². The van der Waals surface area contributed by atoms with Gasteiger partial charge in [-0.1, -0.05) is 0 Å². The average Bonchev–Trinajstić information content (AvgIpc) is 2.34. The van der Waals surface area contributed by atoms with Crippen molar-refractivity contribution in [2.75, 3.05) is 11.1 Å². The number of aldehydes is 1. The second-order valence-corrected chi connectivity index (χ2v) is 3.39. The van der Waals surface area contributed by atoms with E-state index in [0.717, 1.165) is 18.5 Å². The first kappa shape index (κ1) is 11.9. The summed E-state index contributed by atoms with van der Waals surface area (Å²) in [5.41, 5.74) is 5.79. The van der Waals surface area contributed by atoms with Crippen LogP contribution in [0.4, 0.5) is 26.1 Å². The normalized spacial score (nSPS) is 10.1. The lowest BCUT2D eigenvalue weighted by atomic mass is 10.2. The van der Waals surface area contributed by atoms with E-state index in [4.69, 9.17) is 5.73 Å². The van der Waals surface area contributed by atoms with Crippen molar-refractivity contribution in [3.63, 3.8) is 0 Å². The van der Waals surface area contributed by atoms with Crippen LogP contribution < -0.4 is 11.1 Å². The Labute approximate surface area is 101 Å². The minimum atomic E-state index is -1.00. The summed E-state index contributed by atoms with van der Waals surface area (Å²) >= 11 is 0. The first-order chi connectivity index (χ1) is 8.61. The molecule has 7 heteroatoms. The van der Waals surface area contributed by atoms with Crippen LogP contribution in [0.1, 0.15) is 10.4 Å². The Morgan fingerprint density at radius 1 is 1.22 bits per heavy atom. The molecule has 18 heavy (non-hydrogen) atoms. The van der Waals surface area contributed by atoms with Gasteiger partial charge in [-0.25, -0.2) is 18.7 Å². The first-order valence-corrected chi connectivity index (χ1v) is 4.89. The molecule has 1 aromatic carbocycles. The molecule has 0 radical (unpaired) electrons. The fourth-order valence-electron chi connectivity index (χ4n) is 1.34. The van der Waals surface area contributed by atoms with E-state index in [9.17, 15) is 13.6 Å². The van der Waals surface area contributed by atoms with Gasteiger partial charge in [0.15, 0.2) is 17.9 Å². The highest BCUT2D eigenvalue weighted by atomic mass is 19.2. The number of rotatable bonds is 3. The molecule has 0 saturated carbocycles. The van der Waals surface area contributed by atoms with Crippen LogP contribution in [0.15, 0.2) is 24.5 Å². The van der Waals surface area contributed by atoms with E-state index in [1.807, 2.05) is 0 Å². The molecule has 1 heterocycles. The van der Waals surface area contributed by atoms with Gasteiger partial charge in [0.2, 0.25) is 0 Å². The third-order valence-corrected chi connectivity index (χ3v) is 2.21. The van der Waals surface area contributed by atoms with Gasteiger partial charge in [0.05, 0.1) is 5.56 Å². The van der Waals surface area contributed by atoms with Gasteiger partial charge in [-0.3, -0.25) is 4.79 Å². The molecule has 0 aliphatic rings. The van der Waals surface area contributed by atoms with E-state index < -0.39 is 11.6 Å². The Bertz CT molecular complexity index is 604. The zero-order valence-electron chi connectivity index (χ0n) is 9.02. The van der Waals surface area contributed by atoms with Gasteiger partial charge in [-0.15, -0.1) is 0 Å². The molecule has 0 aliphatic carbocycles. The van der Waals surface area contributed by atoms with Crippen LogP contribution >= 0.6 is 0 Å². The first-order valence-electron chi connectivity index (χ1n) is 4.89. The lowest BCUT2D eigenvalue weighted by Crippen LogP contribution is -2.04. The predicted molar refractivity (Wildman–Crippen MR) is 61.5 cm³/mol. The summed E-state index contributed by atoms with van der Waals surface area (Å²) in [7, 11) is 0. The number of nitrogen functional groups attached to an aromatic ring is 1. The van der Waals surface area contributed by atoms with Crippen LogP contribution in [0.3, 0.4) is 0 Å². The van der Waals surface area contributed by atoms with Crippen LogP contribution in [0, 0.1) is 11.6 Å². The third-order valence-electron chi connectivity index (χ3n) is 2.21. The number of nitrogens with one attached hydrogen (secondary N) is 1. The van der Waals surface area contributed by atoms with Crippen molar-refractivity contribution in [3.05, 3.63) is 41.7 Å². The molecule has 2 rings (SSSR count). The number of hydrogen-bond acceptors (Lipinski definition) is 5. The molecule has 0 amide bonds. The van der Waals surface area contributed by atoms with Gasteiger partial charge in [-0.2, -0.15) is 0 Å². The number of anilines is 3. The molecule has 1 aromatic heterocycles. The van der Waals surface area contributed by atoms with E-state index in [0.29, 0.717) is 6.29 Å². The highest BCUT2D eigenvalue weighted by Gasteiger charge is 2.09. The topological polar surface area (TPSA) is 80.9 Å². The van der Waals surface area contributed by atoms with Crippen LogP contribution in [-0.2, 0) is 0 Å². The third kappa shape index (κ3) is 2.24. The van der Waals surface area contributed by atoms with Crippen molar-refractivity contribution < 1.29 is 13.6 Å². The van der Waals surface area contributed by atoms with E-state index in [2.05, 4.69) is 15.3 Å². The molecule has 0 saturated heterocycles. The lowest BCUT2D eigenvalue weighted by molar-refractivity contribution is 0.112. The summed E-state index contributed by atoms with van der Waals surface area (Å²) in [6, 6.07) is 3.22. The highest BCUT2D eigenvalue weighted by Crippen LogP contribution is 2.21. The predicted octanol–water partition coefficient (Wildman–Crippen LogP) is 1.89. The van der Waals surface area contributed by atoms with Crippen LogP contribution in [0.25, 0.3) is 0 Å². The minimum absolute atomic E-state index is 0.00471. The molecule has 0 spiro atoms. The van der Waals surface area contributed by atoms with Crippen molar-refractivity contribution >= 4 is 23.6 Å². The summed E-state index contributed by atoms with van der Waals surface area (Å²) in [6.45, 7) is 0. The van der Waals surface area contributed by atoms with E-state index in [1.165, 1.54) is 6.07 Å². The zero-order chi connectivity index (χ0) is 13.1. The number of carbonyl (C=O) groups is 1. The van der Waals surface area contributed by atoms with Crippen molar-refractivity contribution in [2.45, 2.75) is 0 Å². The number of hydrogen-bond donors (Lipinski definition) is 2. The van der Waals surface area contributed by atoms with Gasteiger partial charge in [-0.05, 0) is 12.1 Å². The molecule has 2 aromatic rings. The number of halogens is 2. The van der Waals surface area contributed by atoms with E-state index in [-0.39, 0.29) is 22.9 Å². The quantitative estimate of drug-likeness (QED) is 0.813. The largest absolute Gasteiger partial charge is 0.383 e. The number of benzene rings is 1. The van der Waals surface area contributed by atoms with Gasteiger partial charge < -0.3 is 11.1 Å². The molecule has 5 nitrogen and oxygen atoms in total. The standard InChI is InChI=1S/C11H8F2N4O/c12-8-2-1-6(3-9(8)13)17-11-7(4-18)10(14)15-5-16-11/h1-5H,(H3,14,15,16,17). The Kier molecular flexibility index (Phi) is 3.13. The molecule has 0 bridgehead atoms. The molecule has 0 unspecified atom stereocenters. The second-order valence-electron chi connectivity index (χ2n) is 3.39. The SMILES string of the molecule is Nc1ncnc(Nc2ccc(F)c(F)c2)c1C=O. The van der Waals surface area contributed by atoms with E-state index in [1.54, 1.807) is 0 Å². The van der Waals surface area contributed by atoms with Crippen molar-refractivity contribution in [1.82, 2.24) is 9.97 Å². The molecular formula is C11H8F2N4O. The maximum absolute atomic E-state index is 13.0. The smallest absolute Gasteiger partial charge is 0.160 e. The molecule has 92 valence electrons. The molecule has 0 aliphatic heterocycles. The van der Waals surface area contributed by atoms with Gasteiger partial charge in [0.25, 0.3) is 0 Å². The Hall–Kier alpha value is -2.57. The van der Waals surface area contributed by atoms with Crippen LogP contribution in [0.5, 0.6) is 0 Å². The van der Waals surface area contributed by atoms with E-state index >= 15 is 0 Å². The van der Waals surface area contributed by atoms with Crippen molar-refractivity contribution in [3.8, 4) is 0 Å². The molecular weight excluding hydrogens is 242 g/mol.